The number of nitrogens with one attached hydrogen (secondary N) is 2. The van der Waals surface area contributed by atoms with Crippen molar-refractivity contribution in [1.29, 1.82) is 0 Å². The average Bonchev–Trinajstić information content (AvgIpc) is 2.51. The van der Waals surface area contributed by atoms with Gasteiger partial charge in [0.25, 0.3) is 0 Å². The van der Waals surface area contributed by atoms with Gasteiger partial charge in [-0.25, -0.2) is 4.99 Å². The van der Waals surface area contributed by atoms with Crippen LogP contribution in [0.5, 0.6) is 11.5 Å². The molecule has 0 spiro atoms. The number of ether oxygens (including phenoxy) is 2. The summed E-state index contributed by atoms with van der Waals surface area (Å²) in [5, 5.41) is 6.49. The summed E-state index contributed by atoms with van der Waals surface area (Å²) >= 11 is 0. The Morgan fingerprint density at radius 1 is 1.14 bits per heavy atom. The lowest BCUT2D eigenvalue weighted by Crippen LogP contribution is -2.38. The van der Waals surface area contributed by atoms with Gasteiger partial charge in [-0.2, -0.15) is 0 Å². The quantitative estimate of drug-likeness (QED) is 0.571. The van der Waals surface area contributed by atoms with Crippen LogP contribution in [-0.4, -0.2) is 38.8 Å². The summed E-state index contributed by atoms with van der Waals surface area (Å²) in [7, 11) is 1.65. The third-order valence-electron chi connectivity index (χ3n) is 2.79. The van der Waals surface area contributed by atoms with Crippen molar-refractivity contribution in [3.05, 3.63) is 24.3 Å². The standard InChI is InChI=1S/C16H27N3O2/c1-5-11-18-16(17-6-2)19-12-13(3)21-15-9-7-14(20-4)8-10-15/h7-10,13H,5-6,11-12H2,1-4H3,(H2,17,18,19). The van der Waals surface area contributed by atoms with Gasteiger partial charge >= 0.3 is 0 Å². The van der Waals surface area contributed by atoms with Crippen molar-refractivity contribution in [3.63, 3.8) is 0 Å². The fourth-order valence-electron chi connectivity index (χ4n) is 1.73. The van der Waals surface area contributed by atoms with Crippen LogP contribution in [0.15, 0.2) is 29.3 Å². The SMILES string of the molecule is CCCNC(=NCC(C)Oc1ccc(OC)cc1)NCC. The lowest BCUT2D eigenvalue weighted by atomic mass is 10.3. The zero-order valence-corrected chi connectivity index (χ0v) is 13.5. The molecule has 0 aliphatic carbocycles. The summed E-state index contributed by atoms with van der Waals surface area (Å²) in [6.45, 7) is 8.57. The van der Waals surface area contributed by atoms with E-state index < -0.39 is 0 Å². The summed E-state index contributed by atoms with van der Waals surface area (Å²) in [5.74, 6) is 2.49. The van der Waals surface area contributed by atoms with Gasteiger partial charge in [0, 0.05) is 13.1 Å². The van der Waals surface area contributed by atoms with Crippen LogP contribution < -0.4 is 20.1 Å². The Bertz CT molecular complexity index is 418. The molecule has 0 aliphatic heterocycles. The first kappa shape index (κ1) is 17.1. The van der Waals surface area contributed by atoms with Gasteiger partial charge in [-0.1, -0.05) is 6.92 Å². The minimum Gasteiger partial charge on any atom is -0.497 e. The number of guanidine groups is 1. The van der Waals surface area contributed by atoms with Crippen LogP contribution in [0.4, 0.5) is 0 Å². The molecule has 21 heavy (non-hydrogen) atoms. The van der Waals surface area contributed by atoms with Gasteiger partial charge in [0.15, 0.2) is 5.96 Å². The zero-order valence-electron chi connectivity index (χ0n) is 13.5. The van der Waals surface area contributed by atoms with Gasteiger partial charge in [0.2, 0.25) is 0 Å². The lowest BCUT2D eigenvalue weighted by molar-refractivity contribution is 0.230. The van der Waals surface area contributed by atoms with Crippen molar-refractivity contribution in [1.82, 2.24) is 10.6 Å². The summed E-state index contributed by atoms with van der Waals surface area (Å²) in [6.07, 6.45) is 1.08. The summed E-state index contributed by atoms with van der Waals surface area (Å²) in [5.41, 5.74) is 0. The van der Waals surface area contributed by atoms with E-state index in [2.05, 4.69) is 29.5 Å². The molecule has 0 heterocycles. The molecule has 0 aliphatic rings. The van der Waals surface area contributed by atoms with Crippen molar-refractivity contribution >= 4 is 5.96 Å². The first-order chi connectivity index (χ1) is 10.2. The van der Waals surface area contributed by atoms with E-state index >= 15 is 0 Å². The van der Waals surface area contributed by atoms with Gasteiger partial charge in [-0.05, 0) is 44.5 Å². The van der Waals surface area contributed by atoms with Crippen LogP contribution in [0.3, 0.4) is 0 Å². The van der Waals surface area contributed by atoms with E-state index in [9.17, 15) is 0 Å². The molecule has 0 aromatic heterocycles. The van der Waals surface area contributed by atoms with Crippen molar-refractivity contribution in [2.45, 2.75) is 33.3 Å². The molecule has 1 rings (SSSR count). The first-order valence-corrected chi connectivity index (χ1v) is 7.52. The largest absolute Gasteiger partial charge is 0.497 e. The summed E-state index contributed by atoms with van der Waals surface area (Å²) < 4.78 is 11.0. The van der Waals surface area contributed by atoms with E-state index in [-0.39, 0.29) is 6.10 Å². The van der Waals surface area contributed by atoms with E-state index in [4.69, 9.17) is 9.47 Å². The molecule has 0 saturated carbocycles. The van der Waals surface area contributed by atoms with Crippen molar-refractivity contribution in [3.8, 4) is 11.5 Å². The molecular weight excluding hydrogens is 266 g/mol. The Hall–Kier alpha value is -1.91. The van der Waals surface area contributed by atoms with Crippen LogP contribution in [0, 0.1) is 0 Å². The van der Waals surface area contributed by atoms with Crippen LogP contribution in [0.1, 0.15) is 27.2 Å². The highest BCUT2D eigenvalue weighted by molar-refractivity contribution is 5.79. The number of rotatable bonds is 8. The maximum absolute atomic E-state index is 5.83. The van der Waals surface area contributed by atoms with Gasteiger partial charge in [-0.15, -0.1) is 0 Å². The van der Waals surface area contributed by atoms with E-state index in [1.54, 1.807) is 7.11 Å². The molecule has 0 amide bonds. The molecule has 1 atom stereocenters. The predicted molar refractivity (Wildman–Crippen MR) is 87.4 cm³/mol. The Morgan fingerprint density at radius 3 is 2.38 bits per heavy atom. The molecule has 0 bridgehead atoms. The Balaban J connectivity index is 2.47. The molecule has 0 saturated heterocycles. The molecular formula is C16H27N3O2. The normalized spacial score (nSPS) is 12.7. The van der Waals surface area contributed by atoms with E-state index in [0.717, 1.165) is 37.0 Å². The Morgan fingerprint density at radius 2 is 1.81 bits per heavy atom. The second kappa shape index (κ2) is 9.91. The van der Waals surface area contributed by atoms with Gasteiger partial charge < -0.3 is 20.1 Å². The molecule has 1 unspecified atom stereocenters. The Labute approximate surface area is 127 Å². The van der Waals surface area contributed by atoms with E-state index in [1.165, 1.54) is 0 Å². The lowest BCUT2D eigenvalue weighted by Gasteiger charge is -2.15. The third kappa shape index (κ3) is 6.88. The topological polar surface area (TPSA) is 54.9 Å². The molecule has 5 nitrogen and oxygen atoms in total. The molecule has 118 valence electrons. The highest BCUT2D eigenvalue weighted by Gasteiger charge is 2.04. The van der Waals surface area contributed by atoms with E-state index in [1.807, 2.05) is 31.2 Å². The molecule has 0 fully saturated rings. The fraction of sp³-hybridized carbons (Fsp3) is 0.562. The Kier molecular flexibility index (Phi) is 8.09. The summed E-state index contributed by atoms with van der Waals surface area (Å²) in [4.78, 5) is 4.53. The average molecular weight is 293 g/mol. The zero-order chi connectivity index (χ0) is 15.5. The smallest absolute Gasteiger partial charge is 0.191 e. The van der Waals surface area contributed by atoms with Gasteiger partial charge in [0.1, 0.15) is 17.6 Å². The molecule has 5 heteroatoms. The van der Waals surface area contributed by atoms with E-state index in [0.29, 0.717) is 6.54 Å². The van der Waals surface area contributed by atoms with Crippen LogP contribution in [-0.2, 0) is 0 Å². The summed E-state index contributed by atoms with van der Waals surface area (Å²) in [6, 6.07) is 7.58. The van der Waals surface area contributed by atoms with Crippen LogP contribution in [0.2, 0.25) is 0 Å². The van der Waals surface area contributed by atoms with Crippen molar-refractivity contribution in [2.75, 3.05) is 26.7 Å². The molecule has 0 radical (unpaired) electrons. The highest BCUT2D eigenvalue weighted by atomic mass is 16.5. The number of hydrogen-bond donors (Lipinski definition) is 2. The number of methoxy groups -OCH3 is 1. The number of benzene rings is 1. The minimum absolute atomic E-state index is 0.00970. The van der Waals surface area contributed by atoms with Gasteiger partial charge in [-0.3, -0.25) is 0 Å². The number of hydrogen-bond acceptors (Lipinski definition) is 3. The predicted octanol–water partition coefficient (Wildman–Crippen LogP) is 2.43. The van der Waals surface area contributed by atoms with Gasteiger partial charge in [0.05, 0.1) is 13.7 Å². The van der Waals surface area contributed by atoms with Crippen LogP contribution in [0.25, 0.3) is 0 Å². The van der Waals surface area contributed by atoms with Crippen molar-refractivity contribution < 1.29 is 9.47 Å². The molecule has 2 N–H and O–H groups in total. The molecule has 1 aromatic carbocycles. The maximum atomic E-state index is 5.83. The third-order valence-corrected chi connectivity index (χ3v) is 2.79. The minimum atomic E-state index is 0.00970. The second-order valence-corrected chi connectivity index (χ2v) is 4.75. The fourth-order valence-corrected chi connectivity index (χ4v) is 1.73. The second-order valence-electron chi connectivity index (χ2n) is 4.75. The number of aliphatic imine (C=N–C) groups is 1. The van der Waals surface area contributed by atoms with Crippen molar-refractivity contribution in [2.24, 2.45) is 4.99 Å². The monoisotopic (exact) mass is 293 g/mol. The first-order valence-electron chi connectivity index (χ1n) is 7.52. The maximum Gasteiger partial charge on any atom is 0.191 e. The molecule has 1 aromatic rings. The highest BCUT2D eigenvalue weighted by Crippen LogP contribution is 2.18. The number of nitrogens with zero attached hydrogens (tertiary/aromatic N) is 1. The van der Waals surface area contributed by atoms with Crippen LogP contribution >= 0.6 is 0 Å².